The van der Waals surface area contributed by atoms with Crippen molar-refractivity contribution in [3.8, 4) is 5.75 Å². The van der Waals surface area contributed by atoms with E-state index in [0.29, 0.717) is 11.4 Å². The Labute approximate surface area is 116 Å². The van der Waals surface area contributed by atoms with Crippen molar-refractivity contribution in [1.29, 1.82) is 0 Å². The van der Waals surface area contributed by atoms with Gasteiger partial charge < -0.3 is 10.5 Å². The molecule has 0 bridgehead atoms. The molecule has 0 aromatic heterocycles. The summed E-state index contributed by atoms with van der Waals surface area (Å²) in [7, 11) is 0. The number of hydrazone groups is 1. The van der Waals surface area contributed by atoms with Crippen LogP contribution >= 0.6 is 11.6 Å². The van der Waals surface area contributed by atoms with Crippen LogP contribution in [0, 0.1) is 0 Å². The molecular weight excluding hydrogens is 260 g/mol. The first-order valence-electron chi connectivity index (χ1n) is 6.10. The van der Waals surface area contributed by atoms with Crippen LogP contribution < -0.4 is 5.43 Å². The Morgan fingerprint density at radius 3 is 2.63 bits per heavy atom. The molecule has 0 saturated heterocycles. The van der Waals surface area contributed by atoms with Gasteiger partial charge in [0.1, 0.15) is 5.75 Å². The second kappa shape index (κ2) is 4.94. The lowest BCUT2D eigenvalue weighted by molar-refractivity contribution is 0.455. The van der Waals surface area contributed by atoms with Gasteiger partial charge in [-0.05, 0) is 12.1 Å². The summed E-state index contributed by atoms with van der Waals surface area (Å²) in [5.74, 6) is 0.288. The number of benzene rings is 2. The second-order valence-corrected chi connectivity index (χ2v) is 4.89. The number of para-hydroxylation sites is 1. The summed E-state index contributed by atoms with van der Waals surface area (Å²) < 4.78 is 0. The average Bonchev–Trinajstić information content (AvgIpc) is 2.89. The first kappa shape index (κ1) is 12.1. The first-order chi connectivity index (χ1) is 9.25. The summed E-state index contributed by atoms with van der Waals surface area (Å²) in [6.07, 6.45) is 0.710. The van der Waals surface area contributed by atoms with Crippen LogP contribution in [0.2, 0.25) is 5.02 Å². The molecule has 1 aliphatic rings. The van der Waals surface area contributed by atoms with Gasteiger partial charge in [-0.15, -0.1) is 0 Å². The minimum absolute atomic E-state index is 0.00697. The molecule has 2 N–H and O–H groups in total. The third-order valence-electron chi connectivity index (χ3n) is 3.25. The summed E-state index contributed by atoms with van der Waals surface area (Å²) >= 11 is 6.17. The number of nitrogens with zero attached hydrogens (tertiary/aromatic N) is 1. The smallest absolute Gasteiger partial charge is 0.120 e. The number of aromatic hydroxyl groups is 1. The molecular formula is C15H13ClN2O. The quantitative estimate of drug-likeness (QED) is 0.879. The van der Waals surface area contributed by atoms with Gasteiger partial charge in [0.15, 0.2) is 0 Å². The van der Waals surface area contributed by atoms with Gasteiger partial charge in [-0.1, -0.05) is 48.0 Å². The maximum atomic E-state index is 9.87. The molecule has 2 aromatic rings. The van der Waals surface area contributed by atoms with Gasteiger partial charge in [0, 0.05) is 22.6 Å². The fraction of sp³-hybridized carbons (Fsp3) is 0.133. The molecule has 1 heterocycles. The van der Waals surface area contributed by atoms with Crippen LogP contribution in [0.4, 0.5) is 0 Å². The highest BCUT2D eigenvalue weighted by Gasteiger charge is 2.24. The molecule has 0 amide bonds. The van der Waals surface area contributed by atoms with Crippen LogP contribution in [0.1, 0.15) is 23.6 Å². The lowest BCUT2D eigenvalue weighted by atomic mass is 9.98. The lowest BCUT2D eigenvalue weighted by Crippen LogP contribution is -2.10. The van der Waals surface area contributed by atoms with E-state index < -0.39 is 0 Å². The highest BCUT2D eigenvalue weighted by Crippen LogP contribution is 2.31. The number of phenols is 1. The van der Waals surface area contributed by atoms with E-state index in [9.17, 15) is 5.11 Å². The molecule has 1 aliphatic heterocycles. The van der Waals surface area contributed by atoms with Gasteiger partial charge >= 0.3 is 0 Å². The van der Waals surface area contributed by atoms with Gasteiger partial charge in [-0.25, -0.2) is 0 Å². The van der Waals surface area contributed by atoms with E-state index in [1.165, 1.54) is 0 Å². The van der Waals surface area contributed by atoms with Crippen LogP contribution in [0.25, 0.3) is 0 Å². The monoisotopic (exact) mass is 272 g/mol. The van der Waals surface area contributed by atoms with Crippen LogP contribution in [-0.4, -0.2) is 10.8 Å². The summed E-state index contributed by atoms with van der Waals surface area (Å²) in [5.41, 5.74) is 5.77. The fourth-order valence-electron chi connectivity index (χ4n) is 2.27. The van der Waals surface area contributed by atoms with Crippen molar-refractivity contribution in [1.82, 2.24) is 5.43 Å². The molecule has 0 fully saturated rings. The third-order valence-corrected chi connectivity index (χ3v) is 3.58. The Kier molecular flexibility index (Phi) is 3.13. The van der Waals surface area contributed by atoms with Gasteiger partial charge in [0.05, 0.1) is 11.8 Å². The van der Waals surface area contributed by atoms with Crippen molar-refractivity contribution < 1.29 is 5.11 Å². The van der Waals surface area contributed by atoms with Crippen LogP contribution in [0.3, 0.4) is 0 Å². The number of halogens is 1. The molecule has 2 aromatic carbocycles. The Hall–Kier alpha value is -2.00. The predicted octanol–water partition coefficient (Wildman–Crippen LogP) is 3.48. The topological polar surface area (TPSA) is 44.6 Å². The maximum absolute atomic E-state index is 9.87. The van der Waals surface area contributed by atoms with Crippen LogP contribution in [-0.2, 0) is 0 Å². The highest BCUT2D eigenvalue weighted by molar-refractivity contribution is 6.34. The van der Waals surface area contributed by atoms with E-state index in [-0.39, 0.29) is 11.8 Å². The molecule has 1 atom stereocenters. The van der Waals surface area contributed by atoms with Crippen molar-refractivity contribution in [2.75, 3.05) is 0 Å². The molecule has 4 heteroatoms. The first-order valence-corrected chi connectivity index (χ1v) is 6.48. The molecule has 3 nitrogen and oxygen atoms in total. The minimum atomic E-state index is -0.00697. The van der Waals surface area contributed by atoms with Gasteiger partial charge in [0.25, 0.3) is 0 Å². The van der Waals surface area contributed by atoms with E-state index in [0.717, 1.165) is 16.8 Å². The normalized spacial score (nSPS) is 17.9. The van der Waals surface area contributed by atoms with E-state index >= 15 is 0 Å². The molecule has 1 unspecified atom stereocenters. The van der Waals surface area contributed by atoms with Crippen molar-refractivity contribution in [3.05, 3.63) is 64.7 Å². The number of nitrogens with one attached hydrogen (secondary N) is 1. The van der Waals surface area contributed by atoms with E-state index in [4.69, 9.17) is 11.6 Å². The van der Waals surface area contributed by atoms with Crippen molar-refractivity contribution >= 4 is 17.3 Å². The fourth-order valence-corrected chi connectivity index (χ4v) is 2.51. The third kappa shape index (κ3) is 2.29. The van der Waals surface area contributed by atoms with Gasteiger partial charge in [-0.3, -0.25) is 0 Å². The molecule has 3 rings (SSSR count). The van der Waals surface area contributed by atoms with Crippen molar-refractivity contribution in [2.45, 2.75) is 12.5 Å². The SMILES string of the molecule is Oc1ccccc1C1CC(c2ccccc2Cl)=NN1. The Morgan fingerprint density at radius 2 is 1.84 bits per heavy atom. The maximum Gasteiger partial charge on any atom is 0.120 e. The van der Waals surface area contributed by atoms with Gasteiger partial charge in [-0.2, -0.15) is 5.10 Å². The highest BCUT2D eigenvalue weighted by atomic mass is 35.5. The van der Waals surface area contributed by atoms with E-state index in [2.05, 4.69) is 10.5 Å². The zero-order valence-corrected chi connectivity index (χ0v) is 10.9. The van der Waals surface area contributed by atoms with E-state index in [1.807, 2.05) is 42.5 Å². The number of hydrogen-bond donors (Lipinski definition) is 2. The Morgan fingerprint density at radius 1 is 1.11 bits per heavy atom. The molecule has 0 saturated carbocycles. The molecule has 96 valence electrons. The van der Waals surface area contributed by atoms with Crippen molar-refractivity contribution in [3.63, 3.8) is 0 Å². The minimum Gasteiger partial charge on any atom is -0.508 e. The average molecular weight is 273 g/mol. The predicted molar refractivity (Wildman–Crippen MR) is 76.6 cm³/mol. The number of phenolic OH excluding ortho intramolecular Hbond substituents is 1. The van der Waals surface area contributed by atoms with Crippen LogP contribution in [0.15, 0.2) is 53.6 Å². The zero-order valence-electron chi connectivity index (χ0n) is 10.2. The summed E-state index contributed by atoms with van der Waals surface area (Å²) in [5, 5.41) is 14.9. The van der Waals surface area contributed by atoms with Crippen LogP contribution in [0.5, 0.6) is 5.75 Å². The molecule has 0 spiro atoms. The summed E-state index contributed by atoms with van der Waals surface area (Å²) in [4.78, 5) is 0. The van der Waals surface area contributed by atoms with Gasteiger partial charge in [0.2, 0.25) is 0 Å². The molecule has 0 aliphatic carbocycles. The Bertz CT molecular complexity index is 640. The standard InChI is InChI=1S/C15H13ClN2O/c16-12-7-3-1-5-10(12)13-9-14(18-17-13)11-6-2-4-8-15(11)19/h1-8,14,18-19H,9H2. The number of rotatable bonds is 2. The molecule has 19 heavy (non-hydrogen) atoms. The lowest BCUT2D eigenvalue weighted by Gasteiger charge is -2.11. The van der Waals surface area contributed by atoms with Crippen molar-refractivity contribution in [2.24, 2.45) is 5.10 Å². The summed E-state index contributed by atoms with van der Waals surface area (Å²) in [6, 6.07) is 14.9. The molecule has 0 radical (unpaired) electrons. The van der Waals surface area contributed by atoms with E-state index in [1.54, 1.807) is 6.07 Å². The largest absolute Gasteiger partial charge is 0.508 e. The second-order valence-electron chi connectivity index (χ2n) is 4.48. The summed E-state index contributed by atoms with van der Waals surface area (Å²) in [6.45, 7) is 0. The number of hydrogen-bond acceptors (Lipinski definition) is 3. The Balaban J connectivity index is 1.85. The zero-order chi connectivity index (χ0) is 13.2.